The molecule has 0 amide bonds. The van der Waals surface area contributed by atoms with Gasteiger partial charge in [0.15, 0.2) is 0 Å². The summed E-state index contributed by atoms with van der Waals surface area (Å²) in [5.74, 6) is 0.302. The van der Waals surface area contributed by atoms with Crippen molar-refractivity contribution in [2.45, 2.75) is 19.4 Å². The first-order valence-corrected chi connectivity index (χ1v) is 6.56. The number of hydrogen-bond donors (Lipinski definition) is 1. The topological polar surface area (TPSA) is 21.3 Å². The molecule has 1 N–H and O–H groups in total. The lowest BCUT2D eigenvalue weighted by molar-refractivity contribution is 0.303. The van der Waals surface area contributed by atoms with Gasteiger partial charge in [0, 0.05) is 18.3 Å². The summed E-state index contributed by atoms with van der Waals surface area (Å²) in [6.45, 7) is 1.51. The Balaban J connectivity index is 1.77. The lowest BCUT2D eigenvalue weighted by Crippen LogP contribution is -2.14. The third kappa shape index (κ3) is 2.70. The molecule has 0 bridgehead atoms. The lowest BCUT2D eigenvalue weighted by Gasteiger charge is -2.21. The van der Waals surface area contributed by atoms with Crippen molar-refractivity contribution in [2.24, 2.45) is 0 Å². The van der Waals surface area contributed by atoms with Crippen molar-refractivity contribution in [3.05, 3.63) is 59.4 Å². The van der Waals surface area contributed by atoms with E-state index in [0.29, 0.717) is 12.4 Å². The Labute approximate surface area is 112 Å². The molecule has 1 aliphatic rings. The van der Waals surface area contributed by atoms with E-state index in [9.17, 15) is 4.39 Å². The molecule has 1 heterocycles. The van der Waals surface area contributed by atoms with Gasteiger partial charge in [-0.25, -0.2) is 4.39 Å². The Hall–Kier alpha value is -2.03. The molecule has 0 unspecified atom stereocenters. The lowest BCUT2D eigenvalue weighted by atomic mass is 9.98. The summed E-state index contributed by atoms with van der Waals surface area (Å²) in [7, 11) is 0. The molecule has 0 saturated carbocycles. The van der Waals surface area contributed by atoms with E-state index >= 15 is 0 Å². The molecule has 0 aliphatic carbocycles. The van der Waals surface area contributed by atoms with Gasteiger partial charge in [-0.3, -0.25) is 0 Å². The van der Waals surface area contributed by atoms with Gasteiger partial charge in [-0.05, 0) is 42.2 Å². The van der Waals surface area contributed by atoms with Gasteiger partial charge in [0.25, 0.3) is 0 Å². The van der Waals surface area contributed by atoms with Crippen molar-refractivity contribution in [1.29, 1.82) is 0 Å². The molecular weight excluding hydrogens is 241 g/mol. The summed E-state index contributed by atoms with van der Waals surface area (Å²) < 4.78 is 18.7. The Morgan fingerprint density at radius 3 is 2.95 bits per heavy atom. The highest BCUT2D eigenvalue weighted by Crippen LogP contribution is 2.26. The van der Waals surface area contributed by atoms with Gasteiger partial charge in [-0.2, -0.15) is 0 Å². The molecule has 0 radical (unpaired) electrons. The summed E-state index contributed by atoms with van der Waals surface area (Å²) in [4.78, 5) is 0. The molecule has 0 saturated heterocycles. The van der Waals surface area contributed by atoms with E-state index in [0.717, 1.165) is 19.4 Å². The second-order valence-corrected chi connectivity index (χ2v) is 4.72. The Morgan fingerprint density at radius 2 is 2.05 bits per heavy atom. The second kappa shape index (κ2) is 5.31. The second-order valence-electron chi connectivity index (χ2n) is 4.72. The van der Waals surface area contributed by atoms with Crippen LogP contribution in [0.2, 0.25) is 0 Å². The predicted octanol–water partition coefficient (Wildman–Crippen LogP) is 3.76. The number of nitrogens with one attached hydrogen (secondary N) is 1. The van der Waals surface area contributed by atoms with Crippen molar-refractivity contribution in [3.63, 3.8) is 0 Å². The maximum atomic E-state index is 13.1. The quantitative estimate of drug-likeness (QED) is 0.904. The first-order valence-electron chi connectivity index (χ1n) is 6.56. The van der Waals surface area contributed by atoms with Gasteiger partial charge >= 0.3 is 0 Å². The van der Waals surface area contributed by atoms with E-state index in [2.05, 4.69) is 17.4 Å². The monoisotopic (exact) mass is 257 g/mol. The Kier molecular flexibility index (Phi) is 3.36. The van der Waals surface area contributed by atoms with Gasteiger partial charge in [-0.1, -0.05) is 18.2 Å². The van der Waals surface area contributed by atoms with E-state index in [1.807, 2.05) is 6.07 Å². The highest BCUT2D eigenvalue weighted by atomic mass is 19.1. The molecule has 98 valence electrons. The first-order chi connectivity index (χ1) is 9.33. The highest BCUT2D eigenvalue weighted by molar-refractivity contribution is 5.56. The molecule has 1 aliphatic heterocycles. The predicted molar refractivity (Wildman–Crippen MR) is 74.0 cm³/mol. The van der Waals surface area contributed by atoms with Crippen LogP contribution in [0, 0.1) is 5.82 Å². The summed E-state index contributed by atoms with van der Waals surface area (Å²) in [5, 5.41) is 3.39. The largest absolute Gasteiger partial charge is 0.489 e. The van der Waals surface area contributed by atoms with Crippen molar-refractivity contribution in [2.75, 3.05) is 11.9 Å². The van der Waals surface area contributed by atoms with Crippen LogP contribution in [0.3, 0.4) is 0 Å². The third-order valence-electron chi connectivity index (χ3n) is 3.38. The van der Waals surface area contributed by atoms with Gasteiger partial charge < -0.3 is 10.1 Å². The number of benzene rings is 2. The minimum absolute atomic E-state index is 0.269. The third-order valence-corrected chi connectivity index (χ3v) is 3.38. The fourth-order valence-electron chi connectivity index (χ4n) is 2.44. The molecule has 0 aromatic heterocycles. The normalized spacial score (nSPS) is 13.5. The van der Waals surface area contributed by atoms with Crippen molar-refractivity contribution >= 4 is 5.69 Å². The average Bonchev–Trinajstić information content (AvgIpc) is 2.45. The molecule has 2 nitrogen and oxygen atoms in total. The van der Waals surface area contributed by atoms with Crippen molar-refractivity contribution in [3.8, 4) is 5.75 Å². The van der Waals surface area contributed by atoms with Crippen LogP contribution in [0.25, 0.3) is 0 Å². The van der Waals surface area contributed by atoms with E-state index in [1.165, 1.54) is 28.9 Å². The standard InChI is InChI=1S/C16H16FNO/c17-13-5-2-6-14(10-13)19-11-12-4-1-8-16-15(12)7-3-9-18-16/h1-2,4-6,8,10,18H,3,7,9,11H2. The molecule has 3 rings (SSSR count). The number of fused-ring (bicyclic) bond motifs is 1. The summed E-state index contributed by atoms with van der Waals surface area (Å²) in [6, 6.07) is 12.5. The number of halogens is 1. The smallest absolute Gasteiger partial charge is 0.126 e. The number of anilines is 1. The fourth-order valence-corrected chi connectivity index (χ4v) is 2.44. The minimum Gasteiger partial charge on any atom is -0.489 e. The van der Waals surface area contributed by atoms with Gasteiger partial charge in [0.05, 0.1) is 0 Å². The molecule has 0 atom stereocenters. The van der Waals surface area contributed by atoms with Crippen LogP contribution in [0.4, 0.5) is 10.1 Å². The van der Waals surface area contributed by atoms with Gasteiger partial charge in [0.2, 0.25) is 0 Å². The van der Waals surface area contributed by atoms with Gasteiger partial charge in [0.1, 0.15) is 18.2 Å². The van der Waals surface area contributed by atoms with E-state index in [1.54, 1.807) is 12.1 Å². The maximum Gasteiger partial charge on any atom is 0.126 e. The summed E-state index contributed by atoms with van der Waals surface area (Å²) in [5.41, 5.74) is 3.70. The SMILES string of the molecule is Fc1cccc(OCc2cccc3c2CCCN3)c1. The molecule has 2 aromatic carbocycles. The number of hydrogen-bond acceptors (Lipinski definition) is 2. The van der Waals surface area contributed by atoms with Crippen LogP contribution in [0.5, 0.6) is 5.75 Å². The van der Waals surface area contributed by atoms with Crippen molar-refractivity contribution in [1.82, 2.24) is 0 Å². The molecule has 2 aromatic rings. The first kappa shape index (κ1) is 12.0. The zero-order valence-electron chi connectivity index (χ0n) is 10.7. The zero-order valence-corrected chi connectivity index (χ0v) is 10.7. The van der Waals surface area contributed by atoms with E-state index in [-0.39, 0.29) is 5.82 Å². The number of ether oxygens (including phenoxy) is 1. The van der Waals surface area contributed by atoms with Crippen LogP contribution in [0.15, 0.2) is 42.5 Å². The number of rotatable bonds is 3. The highest BCUT2D eigenvalue weighted by Gasteiger charge is 2.12. The zero-order chi connectivity index (χ0) is 13.1. The molecule has 3 heteroatoms. The average molecular weight is 257 g/mol. The van der Waals surface area contributed by atoms with Crippen LogP contribution in [-0.2, 0) is 13.0 Å². The van der Waals surface area contributed by atoms with E-state index < -0.39 is 0 Å². The van der Waals surface area contributed by atoms with Gasteiger partial charge in [-0.15, -0.1) is 0 Å². The van der Waals surface area contributed by atoms with Crippen LogP contribution >= 0.6 is 0 Å². The van der Waals surface area contributed by atoms with Crippen LogP contribution < -0.4 is 10.1 Å². The molecule has 19 heavy (non-hydrogen) atoms. The molecule has 0 fully saturated rings. The summed E-state index contributed by atoms with van der Waals surface area (Å²) >= 11 is 0. The minimum atomic E-state index is -0.269. The van der Waals surface area contributed by atoms with Crippen LogP contribution in [-0.4, -0.2) is 6.54 Å². The maximum absolute atomic E-state index is 13.1. The molecule has 0 spiro atoms. The fraction of sp³-hybridized carbons (Fsp3) is 0.250. The summed E-state index contributed by atoms with van der Waals surface area (Å²) in [6.07, 6.45) is 2.22. The van der Waals surface area contributed by atoms with Crippen LogP contribution in [0.1, 0.15) is 17.5 Å². The molecular formula is C16H16FNO. The Bertz CT molecular complexity index is 583. The Morgan fingerprint density at radius 1 is 1.16 bits per heavy atom. The van der Waals surface area contributed by atoms with E-state index in [4.69, 9.17) is 4.74 Å². The van der Waals surface area contributed by atoms with Crippen molar-refractivity contribution < 1.29 is 9.13 Å².